The highest BCUT2D eigenvalue weighted by atomic mass is 16.5. The SMILES string of the molecule is COc1ccc([C@@H]2[C@@H]3CN(C(=O)C4(Cn5ccnc5)CC4)C[C@@H]3CN2C)cc1. The number of methoxy groups -OCH3 is 1. The molecule has 3 aliphatic rings. The van der Waals surface area contributed by atoms with Crippen LogP contribution < -0.4 is 4.74 Å². The van der Waals surface area contributed by atoms with E-state index in [1.54, 1.807) is 13.3 Å². The lowest BCUT2D eigenvalue weighted by molar-refractivity contribution is -0.137. The second kappa shape index (κ2) is 6.62. The third kappa shape index (κ3) is 2.91. The molecule has 3 atom stereocenters. The van der Waals surface area contributed by atoms with Crippen molar-refractivity contribution in [1.82, 2.24) is 19.4 Å². The fourth-order valence-corrected chi connectivity index (χ4v) is 5.38. The molecule has 28 heavy (non-hydrogen) atoms. The molecule has 2 aliphatic heterocycles. The molecule has 0 unspecified atom stereocenters. The van der Waals surface area contributed by atoms with Crippen LogP contribution in [0.5, 0.6) is 5.75 Å². The van der Waals surface area contributed by atoms with Gasteiger partial charge in [0.15, 0.2) is 0 Å². The van der Waals surface area contributed by atoms with Crippen molar-refractivity contribution in [3.05, 3.63) is 48.5 Å². The molecule has 3 heterocycles. The number of hydrogen-bond acceptors (Lipinski definition) is 4. The van der Waals surface area contributed by atoms with Crippen molar-refractivity contribution in [1.29, 1.82) is 0 Å². The summed E-state index contributed by atoms with van der Waals surface area (Å²) in [5.41, 5.74) is 1.13. The Morgan fingerprint density at radius 2 is 2.00 bits per heavy atom. The van der Waals surface area contributed by atoms with E-state index in [1.807, 2.05) is 24.7 Å². The predicted molar refractivity (Wildman–Crippen MR) is 106 cm³/mol. The third-order valence-electron chi connectivity index (χ3n) is 6.99. The second-order valence-corrected chi connectivity index (χ2v) is 8.81. The van der Waals surface area contributed by atoms with E-state index in [0.29, 0.717) is 23.8 Å². The summed E-state index contributed by atoms with van der Waals surface area (Å²) in [6.45, 7) is 3.58. The molecule has 3 fully saturated rings. The Labute approximate surface area is 166 Å². The molecule has 2 saturated heterocycles. The number of carbonyl (C=O) groups excluding carboxylic acids is 1. The zero-order chi connectivity index (χ0) is 19.3. The van der Waals surface area contributed by atoms with Crippen LogP contribution in [0.25, 0.3) is 0 Å². The maximum atomic E-state index is 13.4. The van der Waals surface area contributed by atoms with Crippen molar-refractivity contribution in [2.24, 2.45) is 17.3 Å². The van der Waals surface area contributed by atoms with Crippen LogP contribution in [0, 0.1) is 17.3 Å². The van der Waals surface area contributed by atoms with Gasteiger partial charge in [-0.25, -0.2) is 4.98 Å². The first-order valence-corrected chi connectivity index (χ1v) is 10.2. The molecule has 1 aliphatic carbocycles. The normalized spacial score (nSPS) is 28.4. The van der Waals surface area contributed by atoms with E-state index in [1.165, 1.54) is 5.56 Å². The highest BCUT2D eigenvalue weighted by Gasteiger charge is 2.55. The fourth-order valence-electron chi connectivity index (χ4n) is 5.38. The van der Waals surface area contributed by atoms with E-state index in [0.717, 1.165) is 44.8 Å². The van der Waals surface area contributed by atoms with Gasteiger partial charge in [-0.3, -0.25) is 9.69 Å². The van der Waals surface area contributed by atoms with Crippen LogP contribution in [0.3, 0.4) is 0 Å². The minimum atomic E-state index is -0.194. The number of amides is 1. The summed E-state index contributed by atoms with van der Waals surface area (Å²) < 4.78 is 7.36. The zero-order valence-electron chi connectivity index (χ0n) is 16.6. The lowest BCUT2D eigenvalue weighted by atomic mass is 9.89. The first kappa shape index (κ1) is 17.7. The lowest BCUT2D eigenvalue weighted by Gasteiger charge is -2.29. The largest absolute Gasteiger partial charge is 0.497 e. The van der Waals surface area contributed by atoms with Crippen LogP contribution in [-0.2, 0) is 11.3 Å². The quantitative estimate of drug-likeness (QED) is 0.800. The molecule has 2 aromatic rings. The summed E-state index contributed by atoms with van der Waals surface area (Å²) >= 11 is 0. The van der Waals surface area contributed by atoms with Crippen LogP contribution >= 0.6 is 0 Å². The molecule has 0 bridgehead atoms. The Morgan fingerprint density at radius 3 is 2.64 bits per heavy atom. The number of benzene rings is 1. The van der Waals surface area contributed by atoms with Gasteiger partial charge in [0.25, 0.3) is 0 Å². The molecule has 0 radical (unpaired) electrons. The zero-order valence-corrected chi connectivity index (χ0v) is 16.6. The van der Waals surface area contributed by atoms with Gasteiger partial charge in [-0.05, 0) is 43.5 Å². The second-order valence-electron chi connectivity index (χ2n) is 8.81. The van der Waals surface area contributed by atoms with E-state index in [9.17, 15) is 4.79 Å². The summed E-state index contributed by atoms with van der Waals surface area (Å²) in [5.74, 6) is 2.31. The van der Waals surface area contributed by atoms with E-state index < -0.39 is 0 Å². The molecule has 6 heteroatoms. The highest BCUT2D eigenvalue weighted by molar-refractivity contribution is 5.85. The van der Waals surface area contributed by atoms with Crippen molar-refractivity contribution in [3.8, 4) is 5.75 Å². The van der Waals surface area contributed by atoms with Gasteiger partial charge in [0.05, 0.1) is 18.9 Å². The van der Waals surface area contributed by atoms with Crippen molar-refractivity contribution in [3.63, 3.8) is 0 Å². The number of fused-ring (bicyclic) bond motifs is 1. The summed E-state index contributed by atoms with van der Waals surface area (Å²) in [4.78, 5) is 22.1. The van der Waals surface area contributed by atoms with Gasteiger partial charge < -0.3 is 14.2 Å². The van der Waals surface area contributed by atoms with E-state index in [-0.39, 0.29) is 5.41 Å². The van der Waals surface area contributed by atoms with Gasteiger partial charge in [0.1, 0.15) is 5.75 Å². The molecular weight excluding hydrogens is 352 g/mol. The van der Waals surface area contributed by atoms with Gasteiger partial charge in [0, 0.05) is 50.5 Å². The number of rotatable bonds is 5. The number of ether oxygens (including phenoxy) is 1. The van der Waals surface area contributed by atoms with Crippen LogP contribution in [0.15, 0.2) is 43.0 Å². The van der Waals surface area contributed by atoms with Crippen LogP contribution in [0.1, 0.15) is 24.4 Å². The molecule has 0 N–H and O–H groups in total. The first-order valence-electron chi connectivity index (χ1n) is 10.2. The van der Waals surface area contributed by atoms with Crippen LogP contribution in [-0.4, -0.2) is 59.0 Å². The highest BCUT2D eigenvalue weighted by Crippen LogP contribution is 2.51. The third-order valence-corrected chi connectivity index (χ3v) is 6.99. The number of hydrogen-bond donors (Lipinski definition) is 0. The van der Waals surface area contributed by atoms with Gasteiger partial charge in [-0.1, -0.05) is 12.1 Å². The van der Waals surface area contributed by atoms with Crippen LogP contribution in [0.4, 0.5) is 0 Å². The van der Waals surface area contributed by atoms with Crippen molar-refractivity contribution >= 4 is 5.91 Å². The molecule has 5 rings (SSSR count). The average molecular weight is 380 g/mol. The van der Waals surface area contributed by atoms with E-state index >= 15 is 0 Å². The molecule has 1 saturated carbocycles. The molecular formula is C22H28N4O2. The molecule has 0 spiro atoms. The molecule has 1 aromatic carbocycles. The van der Waals surface area contributed by atoms with Crippen molar-refractivity contribution < 1.29 is 9.53 Å². The molecule has 6 nitrogen and oxygen atoms in total. The number of nitrogens with zero attached hydrogens (tertiary/aromatic N) is 4. The molecule has 148 valence electrons. The molecule has 1 aromatic heterocycles. The summed E-state index contributed by atoms with van der Waals surface area (Å²) in [6.07, 6.45) is 7.56. The summed E-state index contributed by atoms with van der Waals surface area (Å²) in [7, 11) is 3.91. The Balaban J connectivity index is 1.31. The predicted octanol–water partition coefficient (Wildman–Crippen LogP) is 2.43. The standard InChI is InChI=1S/C22H28N4O2/c1-24-11-17-12-26(21(27)22(7-8-22)14-25-10-9-23-15-25)13-19(17)20(24)16-3-5-18(28-2)6-4-16/h3-6,9-10,15,17,19-20H,7-8,11-14H2,1-2H3/t17-,19+,20+/m0/s1. The van der Waals surface area contributed by atoms with E-state index in [2.05, 4.69) is 38.5 Å². The lowest BCUT2D eigenvalue weighted by Crippen LogP contribution is -2.39. The minimum Gasteiger partial charge on any atom is -0.497 e. The Hall–Kier alpha value is -2.34. The number of aromatic nitrogens is 2. The van der Waals surface area contributed by atoms with Crippen molar-refractivity contribution in [2.45, 2.75) is 25.4 Å². The smallest absolute Gasteiger partial charge is 0.230 e. The summed E-state index contributed by atoms with van der Waals surface area (Å²) in [6, 6.07) is 8.80. The van der Waals surface area contributed by atoms with Gasteiger partial charge in [-0.2, -0.15) is 0 Å². The van der Waals surface area contributed by atoms with Crippen LogP contribution in [0.2, 0.25) is 0 Å². The fraction of sp³-hybridized carbons (Fsp3) is 0.545. The van der Waals surface area contributed by atoms with Gasteiger partial charge >= 0.3 is 0 Å². The first-order chi connectivity index (χ1) is 13.6. The Kier molecular flexibility index (Phi) is 4.19. The van der Waals surface area contributed by atoms with Gasteiger partial charge in [-0.15, -0.1) is 0 Å². The summed E-state index contributed by atoms with van der Waals surface area (Å²) in [5, 5.41) is 0. The maximum absolute atomic E-state index is 13.4. The van der Waals surface area contributed by atoms with Gasteiger partial charge in [0.2, 0.25) is 5.91 Å². The Bertz CT molecular complexity index is 844. The monoisotopic (exact) mass is 380 g/mol. The van der Waals surface area contributed by atoms with Crippen molar-refractivity contribution in [2.75, 3.05) is 33.8 Å². The van der Waals surface area contributed by atoms with E-state index in [4.69, 9.17) is 4.74 Å². The number of carbonyl (C=O) groups is 1. The Morgan fingerprint density at radius 1 is 1.21 bits per heavy atom. The average Bonchev–Trinajstić information content (AvgIpc) is 3.01. The number of imidazole rings is 1. The maximum Gasteiger partial charge on any atom is 0.230 e. The minimum absolute atomic E-state index is 0.194. The molecule has 1 amide bonds. The topological polar surface area (TPSA) is 50.6 Å². The number of likely N-dealkylation sites (tertiary alicyclic amines) is 2.